The zero-order chi connectivity index (χ0) is 12.3. The van der Waals surface area contributed by atoms with Crippen LogP contribution < -0.4 is 5.32 Å². The first-order valence-corrected chi connectivity index (χ1v) is 7.71. The minimum Gasteiger partial charge on any atom is -0.313 e. The fraction of sp³-hybridized carbons (Fsp3) is 0.600. The van der Waals surface area contributed by atoms with Gasteiger partial charge in [0, 0.05) is 9.61 Å². The fourth-order valence-corrected chi connectivity index (χ4v) is 3.56. The first-order chi connectivity index (χ1) is 8.20. The van der Waals surface area contributed by atoms with Crippen molar-refractivity contribution >= 4 is 22.6 Å². The Morgan fingerprint density at radius 2 is 1.94 bits per heavy atom. The summed E-state index contributed by atoms with van der Waals surface area (Å²) in [6.07, 6.45) is 5.54. The molecule has 2 heteroatoms. The summed E-state index contributed by atoms with van der Waals surface area (Å²) in [6.45, 7) is 2.38. The summed E-state index contributed by atoms with van der Waals surface area (Å²) in [5.41, 5.74) is 1.46. The van der Waals surface area contributed by atoms with Gasteiger partial charge in [0.15, 0.2) is 0 Å². The van der Waals surface area contributed by atoms with Crippen molar-refractivity contribution in [2.75, 3.05) is 7.05 Å². The molecule has 1 unspecified atom stereocenters. The van der Waals surface area contributed by atoms with Gasteiger partial charge in [0.25, 0.3) is 0 Å². The van der Waals surface area contributed by atoms with Gasteiger partial charge in [0.2, 0.25) is 0 Å². The third-order valence-electron chi connectivity index (χ3n) is 4.05. The van der Waals surface area contributed by atoms with Crippen LogP contribution >= 0.6 is 22.6 Å². The van der Waals surface area contributed by atoms with Crippen molar-refractivity contribution in [3.63, 3.8) is 0 Å². The van der Waals surface area contributed by atoms with E-state index in [1.54, 1.807) is 0 Å². The molecule has 1 atom stereocenters. The number of rotatable bonds is 3. The zero-order valence-electron chi connectivity index (χ0n) is 10.7. The van der Waals surface area contributed by atoms with Crippen molar-refractivity contribution in [1.29, 1.82) is 0 Å². The lowest BCUT2D eigenvalue weighted by atomic mass is 9.77. The second-order valence-electron chi connectivity index (χ2n) is 5.34. The van der Waals surface area contributed by atoms with Gasteiger partial charge in [-0.1, -0.05) is 31.9 Å². The van der Waals surface area contributed by atoms with Crippen LogP contribution in [0.25, 0.3) is 0 Å². The average molecular weight is 343 g/mol. The molecular formula is C15H22IN. The van der Waals surface area contributed by atoms with Gasteiger partial charge in [-0.05, 0) is 72.0 Å². The van der Waals surface area contributed by atoms with Crippen molar-refractivity contribution in [1.82, 2.24) is 5.32 Å². The van der Waals surface area contributed by atoms with Gasteiger partial charge in [-0.2, -0.15) is 0 Å². The van der Waals surface area contributed by atoms with E-state index in [4.69, 9.17) is 0 Å². The molecule has 1 nitrogen and oxygen atoms in total. The summed E-state index contributed by atoms with van der Waals surface area (Å²) in [4.78, 5) is 0. The van der Waals surface area contributed by atoms with Crippen LogP contribution in [0.3, 0.4) is 0 Å². The number of halogens is 1. The van der Waals surface area contributed by atoms with E-state index < -0.39 is 0 Å². The molecule has 0 radical (unpaired) electrons. The lowest BCUT2D eigenvalue weighted by Gasteiger charge is -2.33. The molecule has 0 bridgehead atoms. The van der Waals surface area contributed by atoms with Gasteiger partial charge in [0.05, 0.1) is 0 Å². The predicted molar refractivity (Wildman–Crippen MR) is 82.1 cm³/mol. The van der Waals surface area contributed by atoms with Crippen LogP contribution in [-0.4, -0.2) is 7.05 Å². The minimum atomic E-state index is 0.539. The third kappa shape index (κ3) is 3.44. The Morgan fingerprint density at radius 3 is 2.53 bits per heavy atom. The summed E-state index contributed by atoms with van der Waals surface area (Å²) in [5.74, 6) is 1.74. The van der Waals surface area contributed by atoms with Crippen molar-refractivity contribution in [2.45, 2.75) is 38.6 Å². The Balaban J connectivity index is 2.10. The molecule has 0 aliphatic heterocycles. The molecule has 1 N–H and O–H groups in total. The topological polar surface area (TPSA) is 12.0 Å². The monoisotopic (exact) mass is 343 g/mol. The van der Waals surface area contributed by atoms with E-state index in [9.17, 15) is 0 Å². The van der Waals surface area contributed by atoms with Crippen LogP contribution in [-0.2, 0) is 0 Å². The van der Waals surface area contributed by atoms with Crippen molar-refractivity contribution < 1.29 is 0 Å². The van der Waals surface area contributed by atoms with Crippen LogP contribution in [0.15, 0.2) is 24.3 Å². The van der Waals surface area contributed by atoms with Crippen molar-refractivity contribution in [3.05, 3.63) is 33.4 Å². The largest absolute Gasteiger partial charge is 0.313 e. The number of hydrogen-bond donors (Lipinski definition) is 1. The Hall–Kier alpha value is -0.0900. The molecule has 1 aliphatic rings. The van der Waals surface area contributed by atoms with Gasteiger partial charge >= 0.3 is 0 Å². The van der Waals surface area contributed by atoms with Crippen LogP contribution in [0.5, 0.6) is 0 Å². The third-order valence-corrected chi connectivity index (χ3v) is 4.72. The van der Waals surface area contributed by atoms with Crippen molar-refractivity contribution in [2.24, 2.45) is 11.8 Å². The van der Waals surface area contributed by atoms with E-state index in [1.165, 1.54) is 34.8 Å². The first kappa shape index (κ1) is 13.3. The minimum absolute atomic E-state index is 0.539. The summed E-state index contributed by atoms with van der Waals surface area (Å²) in [7, 11) is 2.10. The Morgan fingerprint density at radius 1 is 1.24 bits per heavy atom. The van der Waals surface area contributed by atoms with E-state index >= 15 is 0 Å². The molecule has 1 saturated carbocycles. The smallest absolute Gasteiger partial charge is 0.0346 e. The lowest BCUT2D eigenvalue weighted by Crippen LogP contribution is -2.28. The molecule has 0 amide bonds. The number of nitrogens with one attached hydrogen (secondary N) is 1. The number of hydrogen-bond acceptors (Lipinski definition) is 1. The summed E-state index contributed by atoms with van der Waals surface area (Å²) in [5, 5.41) is 3.53. The highest BCUT2D eigenvalue weighted by atomic mass is 127. The molecule has 94 valence electrons. The lowest BCUT2D eigenvalue weighted by molar-refractivity contribution is 0.238. The van der Waals surface area contributed by atoms with Crippen LogP contribution in [0.1, 0.15) is 44.2 Å². The SMILES string of the molecule is CNC(c1cccc(I)c1)C1CCC(C)CC1. The molecular weight excluding hydrogens is 321 g/mol. The van der Waals surface area contributed by atoms with Crippen LogP contribution in [0.4, 0.5) is 0 Å². The first-order valence-electron chi connectivity index (χ1n) is 6.63. The molecule has 0 spiro atoms. The van der Waals surface area contributed by atoms with Crippen molar-refractivity contribution in [3.8, 4) is 0 Å². The van der Waals surface area contributed by atoms with Gasteiger partial charge in [-0.15, -0.1) is 0 Å². The molecule has 1 aromatic carbocycles. The standard InChI is InChI=1S/C15H22IN/c1-11-6-8-12(9-7-11)15(17-2)13-4-3-5-14(16)10-13/h3-5,10-12,15,17H,6-9H2,1-2H3. The molecule has 2 rings (SSSR count). The Labute approximate surface area is 119 Å². The molecule has 0 heterocycles. The molecule has 0 aromatic heterocycles. The van der Waals surface area contributed by atoms with Gasteiger partial charge in [0.1, 0.15) is 0 Å². The highest BCUT2D eigenvalue weighted by Crippen LogP contribution is 2.36. The molecule has 17 heavy (non-hydrogen) atoms. The van der Waals surface area contributed by atoms with Gasteiger partial charge in [-0.25, -0.2) is 0 Å². The van der Waals surface area contributed by atoms with Gasteiger partial charge in [-0.3, -0.25) is 0 Å². The second kappa shape index (κ2) is 6.19. The van der Waals surface area contributed by atoms with E-state index in [2.05, 4.69) is 66.1 Å². The quantitative estimate of drug-likeness (QED) is 0.804. The number of benzene rings is 1. The maximum atomic E-state index is 3.53. The average Bonchev–Trinajstić information content (AvgIpc) is 2.33. The van der Waals surface area contributed by atoms with E-state index in [-0.39, 0.29) is 0 Å². The normalized spacial score (nSPS) is 26.8. The summed E-state index contributed by atoms with van der Waals surface area (Å²) >= 11 is 2.40. The summed E-state index contributed by atoms with van der Waals surface area (Å²) in [6, 6.07) is 9.46. The molecule has 1 fully saturated rings. The van der Waals surface area contributed by atoms with E-state index in [1.807, 2.05) is 0 Å². The van der Waals surface area contributed by atoms with Gasteiger partial charge < -0.3 is 5.32 Å². The highest BCUT2D eigenvalue weighted by Gasteiger charge is 2.26. The Kier molecular flexibility index (Phi) is 4.86. The van der Waals surface area contributed by atoms with Crippen LogP contribution in [0.2, 0.25) is 0 Å². The predicted octanol–water partition coefficient (Wildman–Crippen LogP) is 4.38. The molecule has 1 aliphatic carbocycles. The van der Waals surface area contributed by atoms with Crippen LogP contribution in [0, 0.1) is 15.4 Å². The van der Waals surface area contributed by atoms with E-state index in [0.717, 1.165) is 11.8 Å². The summed E-state index contributed by atoms with van der Waals surface area (Å²) < 4.78 is 1.34. The Bertz CT molecular complexity index is 356. The maximum Gasteiger partial charge on any atom is 0.0346 e. The molecule has 0 saturated heterocycles. The zero-order valence-corrected chi connectivity index (χ0v) is 12.9. The maximum absolute atomic E-state index is 3.53. The highest BCUT2D eigenvalue weighted by molar-refractivity contribution is 14.1. The molecule has 1 aromatic rings. The fourth-order valence-electron chi connectivity index (χ4n) is 2.99. The second-order valence-corrected chi connectivity index (χ2v) is 6.59. The van der Waals surface area contributed by atoms with E-state index in [0.29, 0.717) is 6.04 Å².